The summed E-state index contributed by atoms with van der Waals surface area (Å²) in [5.41, 5.74) is 6.01. The first-order valence-electron chi connectivity index (χ1n) is 4.83. The predicted molar refractivity (Wildman–Crippen MR) is 52.3 cm³/mol. The van der Waals surface area contributed by atoms with E-state index in [4.69, 9.17) is 15.2 Å². The largest absolute Gasteiger partial charge is 0.461 e. The van der Waals surface area contributed by atoms with E-state index in [0.29, 0.717) is 37.9 Å². The van der Waals surface area contributed by atoms with Crippen LogP contribution in [0.2, 0.25) is 0 Å². The number of aromatic nitrogens is 2. The van der Waals surface area contributed by atoms with Gasteiger partial charge in [0.2, 0.25) is 0 Å². The third-order valence-electron chi connectivity index (χ3n) is 2.23. The molecule has 0 aromatic carbocycles. The monoisotopic (exact) mass is 211 g/mol. The molecule has 0 amide bonds. The van der Waals surface area contributed by atoms with Gasteiger partial charge < -0.3 is 19.8 Å². The van der Waals surface area contributed by atoms with Crippen molar-refractivity contribution in [3.8, 4) is 0 Å². The molecule has 0 unspecified atom stereocenters. The number of imidazole rings is 1. The molecule has 0 radical (unpaired) electrons. The van der Waals surface area contributed by atoms with Gasteiger partial charge >= 0.3 is 5.97 Å². The highest BCUT2D eigenvalue weighted by Crippen LogP contribution is 2.18. The molecule has 0 aliphatic carbocycles. The molecule has 1 aromatic heterocycles. The Morgan fingerprint density at radius 3 is 3.27 bits per heavy atom. The molecule has 0 saturated heterocycles. The van der Waals surface area contributed by atoms with Gasteiger partial charge in [0.1, 0.15) is 12.4 Å². The van der Waals surface area contributed by atoms with Crippen molar-refractivity contribution in [3.05, 3.63) is 11.5 Å². The molecule has 1 aromatic rings. The van der Waals surface area contributed by atoms with Crippen LogP contribution in [-0.4, -0.2) is 28.7 Å². The summed E-state index contributed by atoms with van der Waals surface area (Å²) < 4.78 is 11.9. The van der Waals surface area contributed by atoms with E-state index in [-0.39, 0.29) is 5.82 Å². The first kappa shape index (κ1) is 9.97. The fourth-order valence-electron chi connectivity index (χ4n) is 1.60. The van der Waals surface area contributed by atoms with Crippen LogP contribution in [0.15, 0.2) is 0 Å². The first-order chi connectivity index (χ1) is 7.24. The Hall–Kier alpha value is -1.56. The molecule has 1 aliphatic rings. The van der Waals surface area contributed by atoms with Gasteiger partial charge in [-0.1, -0.05) is 0 Å². The number of esters is 1. The molecular weight excluding hydrogens is 198 g/mol. The van der Waals surface area contributed by atoms with Crippen molar-refractivity contribution in [2.45, 2.75) is 20.1 Å². The highest BCUT2D eigenvalue weighted by atomic mass is 16.5. The van der Waals surface area contributed by atoms with Crippen LogP contribution in [0.3, 0.4) is 0 Å². The number of carbonyl (C=O) groups is 1. The standard InChI is InChI=1S/C9H13N3O3/c1-2-15-9(13)7-8(10)11-6-5-14-4-3-12(6)7/h2-5,10H2,1H3. The van der Waals surface area contributed by atoms with Gasteiger partial charge in [0.05, 0.1) is 13.2 Å². The molecule has 0 spiro atoms. The summed E-state index contributed by atoms with van der Waals surface area (Å²) in [4.78, 5) is 15.7. The summed E-state index contributed by atoms with van der Waals surface area (Å²) in [5, 5.41) is 0. The average molecular weight is 211 g/mol. The summed E-state index contributed by atoms with van der Waals surface area (Å²) in [5.74, 6) is 0.478. The molecular formula is C9H13N3O3. The smallest absolute Gasteiger partial charge is 0.358 e. The first-order valence-corrected chi connectivity index (χ1v) is 4.83. The molecule has 2 heterocycles. The SMILES string of the molecule is CCOC(=O)c1c(N)nc2n1CCOC2. The fraction of sp³-hybridized carbons (Fsp3) is 0.556. The van der Waals surface area contributed by atoms with Gasteiger partial charge in [-0.25, -0.2) is 9.78 Å². The van der Waals surface area contributed by atoms with Crippen LogP contribution in [0.5, 0.6) is 0 Å². The van der Waals surface area contributed by atoms with Crippen LogP contribution in [0.4, 0.5) is 5.82 Å². The lowest BCUT2D eigenvalue weighted by Gasteiger charge is -2.15. The van der Waals surface area contributed by atoms with Gasteiger partial charge in [0.25, 0.3) is 0 Å². The summed E-state index contributed by atoms with van der Waals surface area (Å²) in [6, 6.07) is 0. The summed E-state index contributed by atoms with van der Waals surface area (Å²) in [7, 11) is 0. The van der Waals surface area contributed by atoms with Crippen molar-refractivity contribution in [3.63, 3.8) is 0 Å². The van der Waals surface area contributed by atoms with E-state index in [0.717, 1.165) is 0 Å². The minimum absolute atomic E-state index is 0.217. The van der Waals surface area contributed by atoms with Crippen molar-refractivity contribution < 1.29 is 14.3 Å². The third-order valence-corrected chi connectivity index (χ3v) is 2.23. The van der Waals surface area contributed by atoms with Gasteiger partial charge in [0.15, 0.2) is 11.5 Å². The number of rotatable bonds is 2. The summed E-state index contributed by atoms with van der Waals surface area (Å²) in [6.07, 6.45) is 0. The number of hydrogen-bond acceptors (Lipinski definition) is 5. The van der Waals surface area contributed by atoms with Gasteiger partial charge in [-0.2, -0.15) is 0 Å². The van der Waals surface area contributed by atoms with Crippen molar-refractivity contribution in [2.24, 2.45) is 0 Å². The Labute approximate surface area is 87.0 Å². The van der Waals surface area contributed by atoms with Crippen LogP contribution >= 0.6 is 0 Å². The predicted octanol–water partition coefficient (Wildman–Crippen LogP) is 0.172. The molecule has 0 atom stereocenters. The Morgan fingerprint density at radius 2 is 2.53 bits per heavy atom. The molecule has 2 rings (SSSR count). The lowest BCUT2D eigenvalue weighted by molar-refractivity contribution is 0.0491. The second kappa shape index (κ2) is 3.90. The number of hydrogen-bond donors (Lipinski definition) is 1. The molecule has 6 heteroatoms. The molecule has 6 nitrogen and oxygen atoms in total. The zero-order valence-electron chi connectivity index (χ0n) is 8.52. The number of carbonyl (C=O) groups excluding carboxylic acids is 1. The Balaban J connectivity index is 2.37. The van der Waals surface area contributed by atoms with E-state index < -0.39 is 5.97 Å². The Morgan fingerprint density at radius 1 is 1.73 bits per heavy atom. The van der Waals surface area contributed by atoms with Crippen molar-refractivity contribution >= 4 is 11.8 Å². The normalized spacial score (nSPS) is 14.7. The van der Waals surface area contributed by atoms with E-state index in [1.807, 2.05) is 0 Å². The average Bonchev–Trinajstić information content (AvgIpc) is 2.54. The third kappa shape index (κ3) is 1.68. The lowest BCUT2D eigenvalue weighted by Crippen LogP contribution is -2.21. The number of ether oxygens (including phenoxy) is 2. The fourth-order valence-corrected chi connectivity index (χ4v) is 1.60. The van der Waals surface area contributed by atoms with E-state index in [1.165, 1.54) is 0 Å². The lowest BCUT2D eigenvalue weighted by atomic mass is 10.4. The van der Waals surface area contributed by atoms with Gasteiger partial charge in [-0.05, 0) is 6.92 Å². The number of nitrogens with two attached hydrogens (primary N) is 1. The van der Waals surface area contributed by atoms with E-state index in [9.17, 15) is 4.79 Å². The van der Waals surface area contributed by atoms with Crippen molar-refractivity contribution in [2.75, 3.05) is 18.9 Å². The molecule has 1 aliphatic heterocycles. The van der Waals surface area contributed by atoms with Crippen molar-refractivity contribution in [1.82, 2.24) is 9.55 Å². The number of anilines is 1. The number of fused-ring (bicyclic) bond motifs is 1. The molecule has 0 saturated carbocycles. The zero-order chi connectivity index (χ0) is 10.8. The Kier molecular flexibility index (Phi) is 2.59. The molecule has 0 bridgehead atoms. The highest BCUT2D eigenvalue weighted by Gasteiger charge is 2.24. The van der Waals surface area contributed by atoms with Crippen molar-refractivity contribution in [1.29, 1.82) is 0 Å². The van der Waals surface area contributed by atoms with Crippen LogP contribution in [-0.2, 0) is 22.6 Å². The van der Waals surface area contributed by atoms with Crippen LogP contribution in [0.1, 0.15) is 23.2 Å². The topological polar surface area (TPSA) is 79.4 Å². The second-order valence-electron chi connectivity index (χ2n) is 3.19. The van der Waals surface area contributed by atoms with Crippen LogP contribution in [0, 0.1) is 0 Å². The molecule has 2 N–H and O–H groups in total. The maximum absolute atomic E-state index is 11.6. The maximum Gasteiger partial charge on any atom is 0.358 e. The quantitative estimate of drug-likeness (QED) is 0.705. The molecule has 0 fully saturated rings. The second-order valence-corrected chi connectivity index (χ2v) is 3.19. The minimum atomic E-state index is -0.421. The van der Waals surface area contributed by atoms with E-state index in [2.05, 4.69) is 4.98 Å². The summed E-state index contributed by atoms with van der Waals surface area (Å²) in [6.45, 7) is 3.63. The minimum Gasteiger partial charge on any atom is -0.461 e. The molecule has 82 valence electrons. The highest BCUT2D eigenvalue weighted by molar-refractivity contribution is 5.92. The number of nitrogens with zero attached hydrogens (tertiary/aromatic N) is 2. The van der Waals surface area contributed by atoms with E-state index in [1.54, 1.807) is 11.5 Å². The number of nitrogen functional groups attached to an aromatic ring is 1. The van der Waals surface area contributed by atoms with Gasteiger partial charge in [0, 0.05) is 6.54 Å². The zero-order valence-corrected chi connectivity index (χ0v) is 8.52. The van der Waals surface area contributed by atoms with E-state index >= 15 is 0 Å². The van der Waals surface area contributed by atoms with Crippen LogP contribution < -0.4 is 5.73 Å². The van der Waals surface area contributed by atoms with Gasteiger partial charge in [-0.3, -0.25) is 0 Å². The maximum atomic E-state index is 11.6. The Bertz CT molecular complexity index is 386. The molecule has 15 heavy (non-hydrogen) atoms. The summed E-state index contributed by atoms with van der Waals surface area (Å²) >= 11 is 0. The van der Waals surface area contributed by atoms with Crippen LogP contribution in [0.25, 0.3) is 0 Å². The van der Waals surface area contributed by atoms with Gasteiger partial charge in [-0.15, -0.1) is 0 Å².